The highest BCUT2D eigenvalue weighted by atomic mass is 79.9. The molecule has 0 atom stereocenters. The molecule has 0 unspecified atom stereocenters. The van der Waals surface area contributed by atoms with Crippen LogP contribution in [0.25, 0.3) is 21.9 Å². The number of imidazole rings is 1. The van der Waals surface area contributed by atoms with Gasteiger partial charge in [0.25, 0.3) is 5.56 Å². The molecule has 0 fully saturated rings. The zero-order valence-corrected chi connectivity index (χ0v) is 10.6. The van der Waals surface area contributed by atoms with Crippen LogP contribution in [0.1, 0.15) is 0 Å². The van der Waals surface area contributed by atoms with E-state index in [1.807, 2.05) is 11.4 Å². The number of thiophene rings is 1. The van der Waals surface area contributed by atoms with Gasteiger partial charge in [-0.3, -0.25) is 14.8 Å². The Morgan fingerprint density at radius 1 is 1.24 bits per heavy atom. The summed E-state index contributed by atoms with van der Waals surface area (Å²) in [5.41, 5.74) is -0.519. The summed E-state index contributed by atoms with van der Waals surface area (Å²) in [7, 11) is 0. The molecule has 0 spiro atoms. The molecular weight excluding hydrogens is 308 g/mol. The molecule has 3 aromatic rings. The molecule has 0 saturated heterocycles. The number of aromatic nitrogens is 4. The van der Waals surface area contributed by atoms with Gasteiger partial charge >= 0.3 is 5.69 Å². The molecule has 0 aliphatic heterocycles. The lowest BCUT2D eigenvalue weighted by Crippen LogP contribution is -2.21. The number of fused-ring (bicyclic) bond motifs is 1. The molecule has 17 heavy (non-hydrogen) atoms. The predicted molar refractivity (Wildman–Crippen MR) is 68.3 cm³/mol. The maximum Gasteiger partial charge on any atom is 0.327 e. The number of halogens is 1. The van der Waals surface area contributed by atoms with Crippen molar-refractivity contribution in [2.24, 2.45) is 0 Å². The number of aromatic amines is 3. The van der Waals surface area contributed by atoms with Crippen LogP contribution >= 0.6 is 27.3 Å². The Bertz CT molecular complexity index is 812. The molecular formula is C9H5BrN4O2S. The SMILES string of the molecule is O=c1[nH]c(=O)c2[nH]c(-c3sccc3Br)nc2[nH]1. The smallest absolute Gasteiger partial charge is 0.327 e. The Morgan fingerprint density at radius 2 is 2.06 bits per heavy atom. The quantitative estimate of drug-likeness (QED) is 0.634. The lowest BCUT2D eigenvalue weighted by Gasteiger charge is -1.89. The first-order valence-corrected chi connectivity index (χ1v) is 6.28. The molecule has 3 heterocycles. The number of hydrogen-bond donors (Lipinski definition) is 3. The summed E-state index contributed by atoms with van der Waals surface area (Å²) in [4.78, 5) is 35.2. The van der Waals surface area contributed by atoms with E-state index in [0.717, 1.165) is 9.35 Å². The monoisotopic (exact) mass is 312 g/mol. The summed E-state index contributed by atoms with van der Waals surface area (Å²) in [6, 6.07) is 1.89. The van der Waals surface area contributed by atoms with Crippen LogP contribution in [0.5, 0.6) is 0 Å². The minimum atomic E-state index is -0.564. The van der Waals surface area contributed by atoms with E-state index in [-0.39, 0.29) is 11.2 Å². The van der Waals surface area contributed by atoms with Crippen LogP contribution in [0.3, 0.4) is 0 Å². The van der Waals surface area contributed by atoms with Crippen molar-refractivity contribution in [3.05, 3.63) is 36.8 Å². The van der Waals surface area contributed by atoms with E-state index < -0.39 is 11.2 Å². The third kappa shape index (κ3) is 1.65. The second kappa shape index (κ2) is 3.67. The maximum atomic E-state index is 11.5. The molecule has 0 aliphatic rings. The van der Waals surface area contributed by atoms with Crippen molar-refractivity contribution in [1.82, 2.24) is 19.9 Å². The van der Waals surface area contributed by atoms with Gasteiger partial charge in [0.1, 0.15) is 5.52 Å². The van der Waals surface area contributed by atoms with Crippen LogP contribution in [0.2, 0.25) is 0 Å². The van der Waals surface area contributed by atoms with Gasteiger partial charge in [-0.05, 0) is 27.4 Å². The number of H-pyrrole nitrogens is 3. The van der Waals surface area contributed by atoms with E-state index in [1.165, 1.54) is 11.3 Å². The summed E-state index contributed by atoms with van der Waals surface area (Å²) in [5.74, 6) is 0.550. The van der Waals surface area contributed by atoms with Crippen LogP contribution in [0.15, 0.2) is 25.5 Å². The standard InChI is InChI=1S/C9H5BrN4O2S/c10-3-1-2-17-5(3)7-11-4-6(12-7)13-9(16)14-8(4)15/h1-2H,(H3,11,12,13,14,15,16). The molecule has 0 radical (unpaired) electrons. The van der Waals surface area contributed by atoms with Gasteiger partial charge < -0.3 is 4.98 Å². The van der Waals surface area contributed by atoms with Crippen molar-refractivity contribution >= 4 is 38.4 Å². The maximum absolute atomic E-state index is 11.5. The molecule has 0 aromatic carbocycles. The first kappa shape index (κ1) is 10.5. The van der Waals surface area contributed by atoms with Gasteiger partial charge in [0.2, 0.25) is 0 Å². The number of hydrogen-bond acceptors (Lipinski definition) is 4. The first-order chi connectivity index (χ1) is 8.15. The topological polar surface area (TPSA) is 94.4 Å². The van der Waals surface area contributed by atoms with Crippen molar-refractivity contribution in [2.45, 2.75) is 0 Å². The van der Waals surface area contributed by atoms with Crippen molar-refractivity contribution in [2.75, 3.05) is 0 Å². The predicted octanol–water partition coefficient (Wildman–Crippen LogP) is 1.43. The lowest BCUT2D eigenvalue weighted by atomic mass is 10.4. The van der Waals surface area contributed by atoms with E-state index in [2.05, 4.69) is 35.9 Å². The summed E-state index contributed by atoms with van der Waals surface area (Å²) in [6.07, 6.45) is 0. The number of nitrogens with zero attached hydrogens (tertiary/aromatic N) is 1. The third-order valence-electron chi connectivity index (χ3n) is 2.22. The van der Waals surface area contributed by atoms with Crippen molar-refractivity contribution in [3.63, 3.8) is 0 Å². The Balaban J connectivity index is 2.35. The first-order valence-electron chi connectivity index (χ1n) is 4.61. The summed E-state index contributed by atoms with van der Waals surface area (Å²) in [6.45, 7) is 0. The Hall–Kier alpha value is -1.67. The van der Waals surface area contributed by atoms with Gasteiger partial charge in [-0.2, -0.15) is 0 Å². The highest BCUT2D eigenvalue weighted by Crippen LogP contribution is 2.31. The van der Waals surface area contributed by atoms with E-state index in [4.69, 9.17) is 0 Å². The second-order valence-electron chi connectivity index (χ2n) is 3.31. The molecule has 0 aliphatic carbocycles. The van der Waals surface area contributed by atoms with Crippen LogP contribution in [-0.4, -0.2) is 19.9 Å². The van der Waals surface area contributed by atoms with E-state index in [9.17, 15) is 9.59 Å². The van der Waals surface area contributed by atoms with Gasteiger partial charge in [-0.15, -0.1) is 11.3 Å². The third-order valence-corrected chi connectivity index (χ3v) is 4.07. The number of nitrogens with one attached hydrogen (secondary N) is 3. The molecule has 86 valence electrons. The molecule has 3 rings (SSSR count). The summed E-state index contributed by atoms with van der Waals surface area (Å²) >= 11 is 4.87. The van der Waals surface area contributed by atoms with Gasteiger partial charge in [0, 0.05) is 4.47 Å². The van der Waals surface area contributed by atoms with E-state index in [1.54, 1.807) is 0 Å². The molecule has 6 nitrogen and oxygen atoms in total. The van der Waals surface area contributed by atoms with Crippen LogP contribution in [0.4, 0.5) is 0 Å². The molecule has 0 bridgehead atoms. The molecule has 0 saturated carbocycles. The van der Waals surface area contributed by atoms with Crippen molar-refractivity contribution < 1.29 is 0 Å². The second-order valence-corrected chi connectivity index (χ2v) is 5.09. The summed E-state index contributed by atoms with van der Waals surface area (Å²) < 4.78 is 0.889. The largest absolute Gasteiger partial charge is 0.331 e. The summed E-state index contributed by atoms with van der Waals surface area (Å²) in [5, 5.41) is 1.90. The lowest BCUT2D eigenvalue weighted by molar-refractivity contribution is 1.07. The van der Waals surface area contributed by atoms with Crippen LogP contribution in [-0.2, 0) is 0 Å². The Kier molecular flexibility index (Phi) is 2.26. The van der Waals surface area contributed by atoms with E-state index in [0.29, 0.717) is 5.82 Å². The fourth-order valence-corrected chi connectivity index (χ4v) is 3.01. The molecule has 3 aromatic heterocycles. The Labute approximate surface area is 106 Å². The van der Waals surface area contributed by atoms with Gasteiger partial charge in [0.05, 0.1) is 4.88 Å². The highest BCUT2D eigenvalue weighted by Gasteiger charge is 2.12. The van der Waals surface area contributed by atoms with Crippen LogP contribution < -0.4 is 11.2 Å². The molecule has 0 amide bonds. The van der Waals surface area contributed by atoms with Crippen molar-refractivity contribution in [1.29, 1.82) is 0 Å². The average molecular weight is 313 g/mol. The van der Waals surface area contributed by atoms with Crippen LogP contribution in [0, 0.1) is 0 Å². The zero-order valence-electron chi connectivity index (χ0n) is 8.20. The average Bonchev–Trinajstić information content (AvgIpc) is 2.83. The highest BCUT2D eigenvalue weighted by molar-refractivity contribution is 9.10. The van der Waals surface area contributed by atoms with Gasteiger partial charge in [0.15, 0.2) is 11.5 Å². The fraction of sp³-hybridized carbons (Fsp3) is 0. The minimum Gasteiger partial charge on any atom is -0.331 e. The number of rotatable bonds is 1. The Morgan fingerprint density at radius 3 is 2.76 bits per heavy atom. The zero-order chi connectivity index (χ0) is 12.0. The minimum absolute atomic E-state index is 0.258. The molecule has 3 N–H and O–H groups in total. The van der Waals surface area contributed by atoms with Crippen molar-refractivity contribution in [3.8, 4) is 10.7 Å². The van der Waals surface area contributed by atoms with Gasteiger partial charge in [-0.1, -0.05) is 0 Å². The fourth-order valence-electron chi connectivity index (χ4n) is 1.50. The normalized spacial score (nSPS) is 11.1. The van der Waals surface area contributed by atoms with Gasteiger partial charge in [-0.25, -0.2) is 9.78 Å². The van der Waals surface area contributed by atoms with E-state index >= 15 is 0 Å². The molecule has 8 heteroatoms.